The Morgan fingerprint density at radius 2 is 0.941 bits per heavy atom. The summed E-state index contributed by atoms with van der Waals surface area (Å²) in [6.07, 6.45) is 0. The zero-order chi connectivity index (χ0) is 26.0. The van der Waals surface area contributed by atoms with Crippen molar-refractivity contribution in [2.75, 3.05) is 80.5 Å². The third-order valence-electron chi connectivity index (χ3n) is 3.78. The minimum atomic E-state index is 0.170. The molecule has 208 valence electrons. The zero-order valence-corrected chi connectivity index (χ0v) is 31.9. The Morgan fingerprint density at radius 1 is 0.529 bits per heavy atom. The lowest BCUT2D eigenvalue weighted by atomic mass is 10.5. The molecule has 0 aromatic rings. The van der Waals surface area contributed by atoms with Crippen LogP contribution in [0.2, 0.25) is 0 Å². The summed E-state index contributed by atoms with van der Waals surface area (Å²) in [6.45, 7) is 2.21. The predicted octanol–water partition coefficient (Wildman–Crippen LogP) is 7.63. The number of rotatable bonds is 23. The third kappa shape index (κ3) is 28.4. The highest BCUT2D eigenvalue weighted by atomic mass is 32.2. The lowest BCUT2D eigenvalue weighted by Crippen LogP contribution is -2.19. The van der Waals surface area contributed by atoms with Crippen LogP contribution < -0.4 is 0 Å². The Bertz CT molecular complexity index is 374. The van der Waals surface area contributed by atoms with Crippen LogP contribution >= 0.6 is 172 Å². The topological polar surface area (TPSA) is 0 Å². The van der Waals surface area contributed by atoms with E-state index in [0.717, 1.165) is 57.5 Å². The van der Waals surface area contributed by atoms with Gasteiger partial charge in [0.2, 0.25) is 0 Å². The van der Waals surface area contributed by atoms with Gasteiger partial charge >= 0.3 is 0 Å². The average molecular weight is 734 g/mol. The van der Waals surface area contributed by atoms with Crippen molar-refractivity contribution in [2.24, 2.45) is 0 Å². The maximum absolute atomic E-state index is 4.44. The molecule has 0 aliphatic heterocycles. The Hall–Kier alpha value is 4.90. The summed E-state index contributed by atoms with van der Waals surface area (Å²) < 4.78 is 0.170. The highest BCUT2D eigenvalue weighted by molar-refractivity contribution is 8.07. The Kier molecular flexibility index (Phi) is 39.1. The summed E-state index contributed by atoms with van der Waals surface area (Å²) in [5.41, 5.74) is 0. The second-order valence-electron chi connectivity index (χ2n) is 6.76. The molecule has 34 heavy (non-hydrogen) atoms. The van der Waals surface area contributed by atoms with Crippen molar-refractivity contribution < 1.29 is 0 Å². The van der Waals surface area contributed by atoms with Crippen molar-refractivity contribution in [3.8, 4) is 0 Å². The van der Waals surface area contributed by atoms with E-state index in [2.05, 4.69) is 108 Å². The molecule has 0 aliphatic rings. The van der Waals surface area contributed by atoms with E-state index in [0.29, 0.717) is 21.0 Å². The summed E-state index contributed by atoms with van der Waals surface area (Å²) in [5.74, 6) is 14.9. The molecule has 0 spiro atoms. The molecule has 0 radical (unpaired) electrons. The number of hydrogen-bond donors (Lipinski definition) is 8. The monoisotopic (exact) mass is 732 g/mol. The maximum Gasteiger partial charge on any atom is 0.0532 e. The fraction of sp³-hybridized carbons (Fsp3) is 1.00. The molecule has 0 aromatic carbocycles. The SMILES string of the molecule is CCSCC(CS)SCC(CS)SCC(S)S.SCCSCC(CS)SC(CS)CSCCS. The summed E-state index contributed by atoms with van der Waals surface area (Å²) in [5, 5.41) is 2.53. The molecule has 4 unspecified atom stereocenters. The second-order valence-corrected chi connectivity index (χ2v) is 18.7. The molecule has 0 heterocycles. The van der Waals surface area contributed by atoms with Gasteiger partial charge in [-0.2, -0.15) is 172 Å². The Labute approximate surface area is 281 Å². The molecule has 0 aromatic heterocycles. The summed E-state index contributed by atoms with van der Waals surface area (Å²) in [4.78, 5) is 0. The van der Waals surface area contributed by atoms with Crippen LogP contribution in [0.25, 0.3) is 0 Å². The Balaban J connectivity index is 0. The third-order valence-corrected chi connectivity index (χ3v) is 16.8. The van der Waals surface area contributed by atoms with Gasteiger partial charge in [-0.05, 0) is 17.3 Å². The molecular weight excluding hydrogens is 689 g/mol. The lowest BCUT2D eigenvalue weighted by Gasteiger charge is -2.20. The van der Waals surface area contributed by atoms with E-state index in [9.17, 15) is 0 Å². The van der Waals surface area contributed by atoms with Crippen LogP contribution in [0.4, 0.5) is 0 Å². The first-order valence-corrected chi connectivity index (χ1v) is 22.4. The van der Waals surface area contributed by atoms with Crippen molar-refractivity contribution in [3.05, 3.63) is 0 Å². The second kappa shape index (κ2) is 32.4. The van der Waals surface area contributed by atoms with Gasteiger partial charge in [-0.1, -0.05) is 6.92 Å². The van der Waals surface area contributed by atoms with E-state index < -0.39 is 0 Å². The van der Waals surface area contributed by atoms with Gasteiger partial charge in [-0.3, -0.25) is 0 Å². The first-order valence-electron chi connectivity index (χ1n) is 11.0. The van der Waals surface area contributed by atoms with E-state index in [1.54, 1.807) is 0 Å². The first-order chi connectivity index (χ1) is 16.4. The largest absolute Gasteiger partial charge is 0.179 e. The van der Waals surface area contributed by atoms with Gasteiger partial charge in [0.25, 0.3) is 0 Å². The highest BCUT2D eigenvalue weighted by Crippen LogP contribution is 2.27. The molecule has 0 bridgehead atoms. The number of hydrogen-bond acceptors (Lipinski definition) is 14. The van der Waals surface area contributed by atoms with Gasteiger partial charge in [-0.25, -0.2) is 0 Å². The predicted molar refractivity (Wildman–Crippen MR) is 210 cm³/mol. The molecule has 0 aliphatic carbocycles. The quantitative estimate of drug-likeness (QED) is 0.0307. The first kappa shape index (κ1) is 41.0. The van der Waals surface area contributed by atoms with Crippen LogP contribution in [0.15, 0.2) is 0 Å². The number of thioether (sulfide) groups is 6. The van der Waals surface area contributed by atoms with Gasteiger partial charge in [-0.15, -0.1) is 0 Å². The van der Waals surface area contributed by atoms with Crippen molar-refractivity contribution in [2.45, 2.75) is 32.5 Å². The van der Waals surface area contributed by atoms with Crippen molar-refractivity contribution >= 4 is 172 Å². The van der Waals surface area contributed by atoms with Crippen molar-refractivity contribution in [1.82, 2.24) is 0 Å². The maximum atomic E-state index is 4.44. The van der Waals surface area contributed by atoms with Crippen molar-refractivity contribution in [3.63, 3.8) is 0 Å². The van der Waals surface area contributed by atoms with Gasteiger partial charge in [0.15, 0.2) is 0 Å². The summed E-state index contributed by atoms with van der Waals surface area (Å²) in [6, 6.07) is 0. The summed E-state index contributed by atoms with van der Waals surface area (Å²) in [7, 11) is 0. The fourth-order valence-electron chi connectivity index (χ4n) is 2.12. The molecule has 4 atom stereocenters. The van der Waals surface area contributed by atoms with Crippen LogP contribution in [0.3, 0.4) is 0 Å². The van der Waals surface area contributed by atoms with E-state index in [1.165, 1.54) is 23.0 Å². The van der Waals surface area contributed by atoms with Crippen molar-refractivity contribution in [1.29, 1.82) is 0 Å². The molecule has 0 saturated carbocycles. The zero-order valence-electron chi connectivity index (χ0n) is 19.8. The Morgan fingerprint density at radius 3 is 1.32 bits per heavy atom. The van der Waals surface area contributed by atoms with Crippen LogP contribution in [0.5, 0.6) is 0 Å². The molecule has 14 heteroatoms. The average Bonchev–Trinajstić information content (AvgIpc) is 2.84. The van der Waals surface area contributed by atoms with Crippen LogP contribution in [0.1, 0.15) is 6.92 Å². The van der Waals surface area contributed by atoms with E-state index in [-0.39, 0.29) is 4.58 Å². The molecule has 0 rings (SSSR count). The van der Waals surface area contributed by atoms with Crippen LogP contribution in [-0.4, -0.2) is 106 Å². The molecule has 0 fully saturated rings. The van der Waals surface area contributed by atoms with E-state index in [1.807, 2.05) is 70.6 Å². The summed E-state index contributed by atoms with van der Waals surface area (Å²) >= 11 is 46.7. The van der Waals surface area contributed by atoms with E-state index >= 15 is 0 Å². The number of thiol groups is 8. The normalized spacial score (nSPS) is 15.0. The van der Waals surface area contributed by atoms with Crippen LogP contribution in [-0.2, 0) is 0 Å². The molecule has 0 N–H and O–H groups in total. The molecule has 0 saturated heterocycles. The smallest absolute Gasteiger partial charge is 0.0532 e. The minimum absolute atomic E-state index is 0.170. The van der Waals surface area contributed by atoms with Gasteiger partial charge in [0.1, 0.15) is 0 Å². The molecule has 0 nitrogen and oxygen atoms in total. The molecular formula is C20H44S14. The van der Waals surface area contributed by atoms with E-state index in [4.69, 9.17) is 0 Å². The fourth-order valence-corrected chi connectivity index (χ4v) is 12.2. The van der Waals surface area contributed by atoms with Gasteiger partial charge < -0.3 is 0 Å². The standard InChI is InChI=1S/2C10H22S7/c11-1-3-15-7-9(5-13)17-10(6-14)8-16-4-2-12;1-2-15-5-8(3-11)16-6-9(4-12)17-7-10(13)14/h9-14H,1-8H2;8-14H,2-7H2,1H3. The lowest BCUT2D eigenvalue weighted by molar-refractivity contribution is 1.09. The minimum Gasteiger partial charge on any atom is -0.179 e. The van der Waals surface area contributed by atoms with Gasteiger partial charge in [0, 0.05) is 84.3 Å². The van der Waals surface area contributed by atoms with Crippen LogP contribution in [0, 0.1) is 0 Å². The molecule has 0 amide bonds. The van der Waals surface area contributed by atoms with Gasteiger partial charge in [0.05, 0.1) is 4.58 Å². The highest BCUT2D eigenvalue weighted by Gasteiger charge is 2.15.